The van der Waals surface area contributed by atoms with Crippen LogP contribution in [0.4, 0.5) is 4.79 Å². The highest BCUT2D eigenvalue weighted by Crippen LogP contribution is 2.18. The Morgan fingerprint density at radius 1 is 1.29 bits per heavy atom. The van der Waals surface area contributed by atoms with E-state index in [0.29, 0.717) is 6.42 Å². The van der Waals surface area contributed by atoms with E-state index in [2.05, 4.69) is 10.6 Å². The van der Waals surface area contributed by atoms with Gasteiger partial charge in [0.05, 0.1) is 0 Å². The molecule has 0 aromatic carbocycles. The standard InChI is InChI=1S/C12H22N2O3/c1-12(2,8-7-10(15)16)14-11(17)13-9-5-3-4-6-9/h9H,3-8H2,1-2H3,(H,15,16)(H2,13,14,17). The van der Waals surface area contributed by atoms with Crippen LogP contribution in [0.1, 0.15) is 52.4 Å². The number of carbonyl (C=O) groups is 2. The van der Waals surface area contributed by atoms with Gasteiger partial charge in [-0.15, -0.1) is 0 Å². The lowest BCUT2D eigenvalue weighted by atomic mass is 9.99. The second kappa shape index (κ2) is 5.89. The van der Waals surface area contributed by atoms with Crippen LogP contribution < -0.4 is 10.6 Å². The van der Waals surface area contributed by atoms with Crippen LogP contribution in [0.25, 0.3) is 0 Å². The molecule has 0 aliphatic heterocycles. The molecule has 5 nitrogen and oxygen atoms in total. The van der Waals surface area contributed by atoms with Gasteiger partial charge in [-0.05, 0) is 33.1 Å². The first-order valence-corrected chi connectivity index (χ1v) is 6.19. The van der Waals surface area contributed by atoms with Crippen molar-refractivity contribution in [1.82, 2.24) is 10.6 Å². The number of rotatable bonds is 5. The summed E-state index contributed by atoms with van der Waals surface area (Å²) in [6.45, 7) is 3.67. The molecular formula is C12H22N2O3. The molecule has 1 aliphatic rings. The van der Waals surface area contributed by atoms with Crippen LogP contribution in [0.2, 0.25) is 0 Å². The zero-order chi connectivity index (χ0) is 12.9. The van der Waals surface area contributed by atoms with Crippen LogP contribution in [0, 0.1) is 0 Å². The van der Waals surface area contributed by atoms with Gasteiger partial charge in [0.15, 0.2) is 0 Å². The Morgan fingerprint density at radius 3 is 2.41 bits per heavy atom. The fourth-order valence-corrected chi connectivity index (χ4v) is 2.08. The third-order valence-electron chi connectivity index (χ3n) is 3.11. The van der Waals surface area contributed by atoms with Gasteiger partial charge >= 0.3 is 12.0 Å². The summed E-state index contributed by atoms with van der Waals surface area (Å²) in [5.74, 6) is -0.837. The van der Waals surface area contributed by atoms with Crippen molar-refractivity contribution in [3.05, 3.63) is 0 Å². The van der Waals surface area contributed by atoms with E-state index in [1.165, 1.54) is 12.8 Å². The molecule has 0 heterocycles. The Bertz CT molecular complexity index is 283. The Balaban J connectivity index is 2.29. The van der Waals surface area contributed by atoms with Gasteiger partial charge in [-0.1, -0.05) is 12.8 Å². The highest BCUT2D eigenvalue weighted by atomic mass is 16.4. The average molecular weight is 242 g/mol. The zero-order valence-electron chi connectivity index (χ0n) is 10.6. The molecule has 98 valence electrons. The van der Waals surface area contributed by atoms with E-state index in [1.54, 1.807) is 0 Å². The summed E-state index contributed by atoms with van der Waals surface area (Å²) in [6.07, 6.45) is 4.93. The van der Waals surface area contributed by atoms with Crippen molar-refractivity contribution in [2.45, 2.75) is 64.0 Å². The molecule has 0 saturated heterocycles. The third kappa shape index (κ3) is 5.56. The molecule has 0 aromatic rings. The molecule has 3 N–H and O–H groups in total. The van der Waals surface area contributed by atoms with Crippen LogP contribution in [-0.2, 0) is 4.79 Å². The molecule has 1 rings (SSSR count). The molecule has 1 saturated carbocycles. The summed E-state index contributed by atoms with van der Waals surface area (Å²) >= 11 is 0. The molecule has 17 heavy (non-hydrogen) atoms. The molecule has 0 bridgehead atoms. The van der Waals surface area contributed by atoms with E-state index in [1.807, 2.05) is 13.8 Å². The van der Waals surface area contributed by atoms with Gasteiger partial charge < -0.3 is 15.7 Å². The molecule has 0 unspecified atom stereocenters. The topological polar surface area (TPSA) is 78.4 Å². The van der Waals surface area contributed by atoms with Crippen molar-refractivity contribution in [1.29, 1.82) is 0 Å². The average Bonchev–Trinajstić information content (AvgIpc) is 2.66. The maximum absolute atomic E-state index is 11.7. The zero-order valence-corrected chi connectivity index (χ0v) is 10.6. The summed E-state index contributed by atoms with van der Waals surface area (Å²) in [5.41, 5.74) is -0.485. The predicted molar refractivity (Wildman–Crippen MR) is 64.9 cm³/mol. The fourth-order valence-electron chi connectivity index (χ4n) is 2.08. The van der Waals surface area contributed by atoms with E-state index in [4.69, 9.17) is 5.11 Å². The van der Waals surface area contributed by atoms with Crippen LogP contribution in [0.3, 0.4) is 0 Å². The highest BCUT2D eigenvalue weighted by Gasteiger charge is 2.23. The number of amides is 2. The number of hydrogen-bond donors (Lipinski definition) is 3. The molecule has 1 aliphatic carbocycles. The second-order valence-electron chi connectivity index (χ2n) is 5.36. The predicted octanol–water partition coefficient (Wildman–Crippen LogP) is 1.87. The van der Waals surface area contributed by atoms with Gasteiger partial charge in [0.1, 0.15) is 0 Å². The summed E-state index contributed by atoms with van der Waals surface area (Å²) in [4.78, 5) is 22.2. The van der Waals surface area contributed by atoms with Gasteiger partial charge in [0.25, 0.3) is 0 Å². The van der Waals surface area contributed by atoms with Crippen molar-refractivity contribution in [3.8, 4) is 0 Å². The largest absolute Gasteiger partial charge is 0.481 e. The lowest BCUT2D eigenvalue weighted by Gasteiger charge is -2.26. The number of aliphatic carboxylic acids is 1. The Hall–Kier alpha value is -1.26. The van der Waals surface area contributed by atoms with E-state index < -0.39 is 11.5 Å². The molecule has 0 radical (unpaired) electrons. The molecule has 0 atom stereocenters. The highest BCUT2D eigenvalue weighted by molar-refractivity contribution is 5.75. The van der Waals surface area contributed by atoms with Crippen molar-refractivity contribution >= 4 is 12.0 Å². The maximum atomic E-state index is 11.7. The van der Waals surface area contributed by atoms with Crippen molar-refractivity contribution < 1.29 is 14.7 Å². The van der Waals surface area contributed by atoms with E-state index >= 15 is 0 Å². The smallest absolute Gasteiger partial charge is 0.315 e. The van der Waals surface area contributed by atoms with Crippen molar-refractivity contribution in [2.75, 3.05) is 0 Å². The molecule has 0 spiro atoms. The number of nitrogens with one attached hydrogen (secondary N) is 2. The summed E-state index contributed by atoms with van der Waals surface area (Å²) in [6, 6.07) is 0.0950. The van der Waals surface area contributed by atoms with E-state index in [0.717, 1.165) is 12.8 Å². The van der Waals surface area contributed by atoms with Gasteiger partial charge in [-0.2, -0.15) is 0 Å². The first-order chi connectivity index (χ1) is 7.89. The van der Waals surface area contributed by atoms with Crippen LogP contribution in [-0.4, -0.2) is 28.7 Å². The minimum absolute atomic E-state index is 0.0662. The normalized spacial score (nSPS) is 16.8. The first kappa shape index (κ1) is 13.8. The Labute approximate surface area is 102 Å². The lowest BCUT2D eigenvalue weighted by Crippen LogP contribution is -2.50. The van der Waals surface area contributed by atoms with E-state index in [-0.39, 0.29) is 18.5 Å². The summed E-state index contributed by atoms with van der Waals surface area (Å²) in [5, 5.41) is 14.4. The minimum atomic E-state index is -0.837. The SMILES string of the molecule is CC(C)(CCC(=O)O)NC(=O)NC1CCCC1. The molecule has 0 aromatic heterocycles. The summed E-state index contributed by atoms with van der Waals surface area (Å²) in [7, 11) is 0. The van der Waals surface area contributed by atoms with Gasteiger partial charge in [0, 0.05) is 18.0 Å². The fraction of sp³-hybridized carbons (Fsp3) is 0.833. The number of carbonyl (C=O) groups excluding carboxylic acids is 1. The number of carboxylic acids is 1. The maximum Gasteiger partial charge on any atom is 0.315 e. The monoisotopic (exact) mass is 242 g/mol. The Morgan fingerprint density at radius 2 is 1.88 bits per heavy atom. The van der Waals surface area contributed by atoms with Gasteiger partial charge in [-0.25, -0.2) is 4.79 Å². The van der Waals surface area contributed by atoms with Crippen molar-refractivity contribution in [3.63, 3.8) is 0 Å². The number of urea groups is 1. The molecule has 1 fully saturated rings. The van der Waals surface area contributed by atoms with Gasteiger partial charge in [0.2, 0.25) is 0 Å². The number of carboxylic acid groups (broad SMARTS) is 1. The van der Waals surface area contributed by atoms with Crippen LogP contribution >= 0.6 is 0 Å². The number of hydrogen-bond acceptors (Lipinski definition) is 2. The van der Waals surface area contributed by atoms with Crippen molar-refractivity contribution in [2.24, 2.45) is 0 Å². The molecule has 2 amide bonds. The third-order valence-corrected chi connectivity index (χ3v) is 3.11. The van der Waals surface area contributed by atoms with Crippen LogP contribution in [0.5, 0.6) is 0 Å². The van der Waals surface area contributed by atoms with E-state index in [9.17, 15) is 9.59 Å². The summed E-state index contributed by atoms with van der Waals surface area (Å²) < 4.78 is 0. The van der Waals surface area contributed by atoms with Gasteiger partial charge in [-0.3, -0.25) is 4.79 Å². The first-order valence-electron chi connectivity index (χ1n) is 6.19. The Kier molecular flexibility index (Phi) is 4.78. The lowest BCUT2D eigenvalue weighted by molar-refractivity contribution is -0.137. The second-order valence-corrected chi connectivity index (χ2v) is 5.36. The molecule has 5 heteroatoms. The molecular weight excluding hydrogens is 220 g/mol. The minimum Gasteiger partial charge on any atom is -0.481 e. The quantitative estimate of drug-likeness (QED) is 0.688. The van der Waals surface area contributed by atoms with Crippen LogP contribution in [0.15, 0.2) is 0 Å².